The zero-order chi connectivity index (χ0) is 62.5. The third kappa shape index (κ3) is 15.7. The maximum absolute atomic E-state index is 15.2. The van der Waals surface area contributed by atoms with Gasteiger partial charge in [-0.25, -0.2) is 19.2 Å². The van der Waals surface area contributed by atoms with E-state index in [-0.39, 0.29) is 48.1 Å². The van der Waals surface area contributed by atoms with Crippen LogP contribution in [0.15, 0.2) is 90.8 Å². The number of carboxylic acids is 1. The molecule has 0 spiro atoms. The maximum Gasteiger partial charge on any atom is 0.355 e. The Morgan fingerprint density at radius 2 is 1.66 bits per heavy atom. The zero-order valence-electron chi connectivity index (χ0n) is 49.9. The van der Waals surface area contributed by atoms with Gasteiger partial charge in [-0.3, -0.25) is 49.5 Å². The van der Waals surface area contributed by atoms with E-state index in [1.807, 2.05) is 75.5 Å². The molecule has 2 aromatic heterocycles. The molecular formula is C64H71FN12O11S2. The molecule has 5 N–H and O–H groups in total. The summed E-state index contributed by atoms with van der Waals surface area (Å²) in [4.78, 5) is 93.5. The van der Waals surface area contributed by atoms with Crippen LogP contribution in [0.2, 0.25) is 0 Å². The van der Waals surface area contributed by atoms with Crippen molar-refractivity contribution in [3.8, 4) is 17.6 Å². The molecule has 90 heavy (non-hydrogen) atoms. The van der Waals surface area contributed by atoms with Crippen LogP contribution in [0.3, 0.4) is 0 Å². The van der Waals surface area contributed by atoms with Crippen LogP contribution in [0.25, 0.3) is 10.2 Å². The summed E-state index contributed by atoms with van der Waals surface area (Å²) in [6.45, 7) is 8.06. The highest BCUT2D eigenvalue weighted by Gasteiger charge is 2.40. The van der Waals surface area contributed by atoms with Crippen molar-refractivity contribution in [1.82, 2.24) is 45.5 Å². The van der Waals surface area contributed by atoms with Gasteiger partial charge in [-0.2, -0.15) is 0 Å². The summed E-state index contributed by atoms with van der Waals surface area (Å²) < 4.78 is 39.3. The molecule has 11 rings (SSSR count). The van der Waals surface area contributed by atoms with E-state index >= 15 is 4.39 Å². The molecule has 2 fully saturated rings. The number of thiazole rings is 2. The molecule has 5 amide bonds. The third-order valence-corrected chi connectivity index (χ3v) is 18.3. The van der Waals surface area contributed by atoms with Gasteiger partial charge < -0.3 is 44.1 Å². The molecule has 0 saturated carbocycles. The van der Waals surface area contributed by atoms with Crippen molar-refractivity contribution in [2.24, 2.45) is 0 Å². The van der Waals surface area contributed by atoms with E-state index in [1.165, 1.54) is 33.6 Å². The summed E-state index contributed by atoms with van der Waals surface area (Å²) >= 11 is 2.72. The van der Waals surface area contributed by atoms with Crippen LogP contribution in [0.5, 0.6) is 5.75 Å². The van der Waals surface area contributed by atoms with Gasteiger partial charge in [0.25, 0.3) is 11.8 Å². The van der Waals surface area contributed by atoms with Gasteiger partial charge >= 0.3 is 5.97 Å². The molecule has 4 aromatic carbocycles. The molecule has 0 aliphatic carbocycles. The molecule has 472 valence electrons. The number of imide groups is 1. The second-order valence-corrected chi connectivity index (χ2v) is 24.3. The summed E-state index contributed by atoms with van der Waals surface area (Å²) in [5.41, 5.74) is 10.2. The number of rotatable bonds is 27. The molecule has 6 aromatic rings. The Morgan fingerprint density at radius 3 is 2.47 bits per heavy atom. The zero-order valence-corrected chi connectivity index (χ0v) is 51.6. The number of benzene rings is 4. The van der Waals surface area contributed by atoms with E-state index in [4.69, 9.17) is 18.9 Å². The van der Waals surface area contributed by atoms with Crippen molar-refractivity contribution in [3.05, 3.63) is 141 Å². The van der Waals surface area contributed by atoms with E-state index in [0.717, 1.165) is 38.3 Å². The highest BCUT2D eigenvalue weighted by atomic mass is 32.1. The second-order valence-electron chi connectivity index (χ2n) is 22.2. The Hall–Kier alpha value is -8.55. The van der Waals surface area contributed by atoms with Crippen LogP contribution < -0.4 is 31.1 Å². The fourth-order valence-electron chi connectivity index (χ4n) is 11.4. The number of nitrogens with zero attached hydrogens (tertiary/aromatic N) is 8. The Balaban J connectivity index is 0.526. The van der Waals surface area contributed by atoms with Gasteiger partial charge in [-0.15, -0.1) is 16.9 Å². The number of carbonyl (C=O) groups excluding carboxylic acids is 5. The third-order valence-electron chi connectivity index (χ3n) is 16.1. The number of likely N-dealkylation sites (N-methyl/N-ethyl adjacent to an activating group) is 1. The van der Waals surface area contributed by atoms with Gasteiger partial charge in [0.1, 0.15) is 6.04 Å². The fraction of sp³-hybridized carbons (Fsp3) is 0.406. The average Bonchev–Trinajstić information content (AvgIpc) is 1.64. The van der Waals surface area contributed by atoms with E-state index in [2.05, 4.69) is 48.2 Å². The number of carbonyl (C=O) groups is 6. The quantitative estimate of drug-likeness (QED) is 0.0221. The van der Waals surface area contributed by atoms with Gasteiger partial charge in [0, 0.05) is 118 Å². The Kier molecular flexibility index (Phi) is 20.9. The number of fused-ring (bicyclic) bond motifs is 3. The lowest BCUT2D eigenvalue weighted by Crippen LogP contribution is -2.52. The van der Waals surface area contributed by atoms with E-state index in [0.29, 0.717) is 175 Å². The summed E-state index contributed by atoms with van der Waals surface area (Å²) in [6.07, 6.45) is 5.04. The van der Waals surface area contributed by atoms with Crippen molar-refractivity contribution in [2.45, 2.75) is 64.1 Å². The Labute approximate surface area is 528 Å². The van der Waals surface area contributed by atoms with Gasteiger partial charge in [-0.1, -0.05) is 53.5 Å². The molecule has 26 heteroatoms. The first-order chi connectivity index (χ1) is 43.8. The monoisotopic (exact) mass is 1270 g/mol. The first-order valence-electron chi connectivity index (χ1n) is 30.2. The number of anilines is 3. The van der Waals surface area contributed by atoms with Crippen molar-refractivity contribution in [3.63, 3.8) is 0 Å². The molecule has 1 atom stereocenters. The largest absolute Gasteiger partial charge is 0.491 e. The molecule has 23 nitrogen and oxygen atoms in total. The lowest BCUT2D eigenvalue weighted by Gasteiger charge is -2.33. The minimum atomic E-state index is -1.13. The SMILES string of the molecule is CN1NN(CCCC(=O)N2CCN(CC#Cc3ccc(OCCCc4sc(N5CCc6cccc(C(=O)Nc7nc8ccccc8s7)c6C5)nc4C(=O)O)c(F)c3)CC2)C=C1COCCOCCOCCNc1cccc2c1CN(C1CCC(=O)NC1=O)C2=O. The lowest BCUT2D eigenvalue weighted by atomic mass is 9.94. The number of aromatic carboxylic acids is 1. The highest BCUT2D eigenvalue weighted by molar-refractivity contribution is 7.22. The predicted molar refractivity (Wildman–Crippen MR) is 336 cm³/mol. The summed E-state index contributed by atoms with van der Waals surface area (Å²) in [7, 11) is 1.91. The van der Waals surface area contributed by atoms with Crippen LogP contribution in [-0.2, 0) is 54.5 Å². The minimum Gasteiger partial charge on any atom is -0.491 e. The summed E-state index contributed by atoms with van der Waals surface area (Å²) in [5, 5.41) is 23.6. The Bertz CT molecular complexity index is 3700. The van der Waals surface area contributed by atoms with Gasteiger partial charge in [0.2, 0.25) is 17.7 Å². The first kappa shape index (κ1) is 63.0. The minimum absolute atomic E-state index is 0.0247. The number of hydrogen-bond acceptors (Lipinski definition) is 20. The first-order valence-corrected chi connectivity index (χ1v) is 31.8. The summed E-state index contributed by atoms with van der Waals surface area (Å²) in [6, 6.07) is 22.8. The molecule has 0 radical (unpaired) electrons. The number of nitrogens with one attached hydrogen (secondary N) is 4. The number of carboxylic acid groups (broad SMARTS) is 1. The number of piperidine rings is 1. The van der Waals surface area contributed by atoms with Crippen LogP contribution >= 0.6 is 22.7 Å². The van der Waals surface area contributed by atoms with Crippen molar-refractivity contribution >= 4 is 84.3 Å². The normalized spacial score (nSPS) is 16.6. The van der Waals surface area contributed by atoms with Crippen molar-refractivity contribution < 1.29 is 57.2 Å². The van der Waals surface area contributed by atoms with Gasteiger partial charge in [0.05, 0.1) is 68.7 Å². The number of piperazine rings is 1. The predicted octanol–water partition coefficient (Wildman–Crippen LogP) is 6.12. The van der Waals surface area contributed by atoms with Crippen LogP contribution in [0.1, 0.15) is 90.4 Å². The standard InChI is InChI=1S/C64H71FN12O11S2/c1-72-44(41-87-36-35-86-34-33-85-32-23-66-50-14-5-12-46-48(50)40-77(61(46)82)52-19-21-56(78)68-60(52)81)38-76(71-72)25-7-17-57(79)74-29-27-73(28-30-74)24-6-9-42-18-20-53(49(65)37-42)88-31-8-16-55-58(62(83)84)69-64(90-55)75-26-22-43-10-4-11-45(47(43)39-75)59(80)70-63-67-51-13-2-3-15-54(51)89-63/h2-5,10-15,18,20,37-38,52,66,71H,7-8,16-17,19,21-36,39-41H2,1H3,(H,83,84)(H,67,70,80)(H,68,78,81). The van der Waals surface area contributed by atoms with Crippen LogP contribution in [-0.4, -0.2) is 187 Å². The fourth-order valence-corrected chi connectivity index (χ4v) is 13.3. The molecule has 2 saturated heterocycles. The van der Waals surface area contributed by atoms with E-state index < -0.39 is 23.7 Å². The second kappa shape index (κ2) is 29.8. The summed E-state index contributed by atoms with van der Waals surface area (Å²) in [5.74, 6) is 3.49. The van der Waals surface area contributed by atoms with Crippen molar-refractivity contribution in [1.29, 1.82) is 0 Å². The molecule has 5 aliphatic heterocycles. The number of aryl methyl sites for hydroxylation is 1. The molecule has 5 aliphatic rings. The number of amides is 5. The van der Waals surface area contributed by atoms with Crippen molar-refractivity contribution in [2.75, 3.05) is 121 Å². The number of hydrazine groups is 2. The lowest BCUT2D eigenvalue weighted by molar-refractivity contribution is -0.137. The molecular weight excluding hydrogens is 1200 g/mol. The Morgan fingerprint density at radius 1 is 0.844 bits per heavy atom. The maximum atomic E-state index is 15.2. The van der Waals surface area contributed by atoms with Gasteiger partial charge in [0.15, 0.2) is 27.5 Å². The molecule has 0 bridgehead atoms. The number of para-hydroxylation sites is 1. The number of halogens is 1. The number of hydrogen-bond donors (Lipinski definition) is 5. The number of aromatic nitrogens is 2. The molecule has 1 unspecified atom stereocenters. The van der Waals surface area contributed by atoms with Gasteiger partial charge in [-0.05, 0) is 91.8 Å². The average molecular weight is 1270 g/mol. The smallest absolute Gasteiger partial charge is 0.355 e. The van der Waals surface area contributed by atoms with E-state index in [1.54, 1.807) is 30.3 Å². The highest BCUT2D eigenvalue weighted by Crippen LogP contribution is 2.35. The number of ether oxygens (including phenoxy) is 4. The van der Waals surface area contributed by atoms with E-state index in [9.17, 15) is 33.9 Å². The molecule has 7 heterocycles. The van der Waals surface area contributed by atoms with Crippen LogP contribution in [0.4, 0.5) is 20.3 Å². The van der Waals surface area contributed by atoms with Crippen LogP contribution in [0, 0.1) is 17.7 Å². The topological polar surface area (TPSA) is 253 Å².